The second-order valence-corrected chi connectivity index (χ2v) is 6.05. The second-order valence-electron chi connectivity index (χ2n) is 5.62. The molecule has 1 fully saturated rings. The van der Waals surface area contributed by atoms with Gasteiger partial charge in [-0.2, -0.15) is 0 Å². The minimum atomic E-state index is 0.359. The summed E-state index contributed by atoms with van der Waals surface area (Å²) in [4.78, 5) is 6.80. The van der Waals surface area contributed by atoms with Gasteiger partial charge in [-0.3, -0.25) is 9.88 Å². The third-order valence-electron chi connectivity index (χ3n) is 3.90. The number of nitrogens with zero attached hydrogens (tertiary/aromatic N) is 2. The van der Waals surface area contributed by atoms with Crippen LogP contribution in [0.3, 0.4) is 0 Å². The maximum Gasteiger partial charge on any atom is 0.0477 e. The van der Waals surface area contributed by atoms with E-state index in [2.05, 4.69) is 40.3 Å². The Kier molecular flexibility index (Phi) is 4.54. The van der Waals surface area contributed by atoms with E-state index in [4.69, 9.17) is 11.6 Å². The molecule has 3 nitrogen and oxygen atoms in total. The highest BCUT2D eigenvalue weighted by Crippen LogP contribution is 2.26. The maximum atomic E-state index is 6.14. The summed E-state index contributed by atoms with van der Waals surface area (Å²) in [6.45, 7) is 6.03. The molecule has 0 aliphatic carbocycles. The van der Waals surface area contributed by atoms with E-state index < -0.39 is 0 Å². The summed E-state index contributed by atoms with van der Waals surface area (Å²) in [7, 11) is 0. The number of benzene rings is 1. The molecule has 1 aromatic heterocycles. The first-order valence-corrected chi connectivity index (χ1v) is 7.71. The van der Waals surface area contributed by atoms with Gasteiger partial charge in [-0.15, -0.1) is 0 Å². The van der Waals surface area contributed by atoms with Gasteiger partial charge in [0.2, 0.25) is 0 Å². The van der Waals surface area contributed by atoms with E-state index in [1.165, 1.54) is 16.7 Å². The Morgan fingerprint density at radius 1 is 1.33 bits per heavy atom. The van der Waals surface area contributed by atoms with Gasteiger partial charge in [-0.1, -0.05) is 29.8 Å². The predicted molar refractivity (Wildman–Crippen MR) is 86.4 cm³/mol. The fraction of sp³-hybridized carbons (Fsp3) is 0.353. The van der Waals surface area contributed by atoms with Crippen LogP contribution in [-0.4, -0.2) is 29.5 Å². The summed E-state index contributed by atoms with van der Waals surface area (Å²) in [5.74, 6) is 0. The Morgan fingerprint density at radius 2 is 2.24 bits per heavy atom. The summed E-state index contributed by atoms with van der Waals surface area (Å²) in [5, 5.41) is 4.28. The van der Waals surface area contributed by atoms with Crippen molar-refractivity contribution in [2.45, 2.75) is 19.5 Å². The Bertz CT molecular complexity index is 614. The van der Waals surface area contributed by atoms with E-state index in [-0.39, 0.29) is 0 Å². The Balaban J connectivity index is 1.81. The van der Waals surface area contributed by atoms with Crippen molar-refractivity contribution in [2.24, 2.45) is 0 Å². The largest absolute Gasteiger partial charge is 0.314 e. The van der Waals surface area contributed by atoms with Gasteiger partial charge in [0, 0.05) is 49.6 Å². The molecule has 4 heteroatoms. The van der Waals surface area contributed by atoms with Crippen LogP contribution in [0, 0.1) is 6.92 Å². The van der Waals surface area contributed by atoms with Crippen LogP contribution in [0.15, 0.2) is 42.7 Å². The van der Waals surface area contributed by atoms with Crippen molar-refractivity contribution in [1.29, 1.82) is 0 Å². The van der Waals surface area contributed by atoms with Gasteiger partial charge < -0.3 is 5.32 Å². The highest BCUT2D eigenvalue weighted by molar-refractivity contribution is 6.30. The quantitative estimate of drug-likeness (QED) is 0.944. The van der Waals surface area contributed by atoms with Gasteiger partial charge in [0.25, 0.3) is 0 Å². The lowest BCUT2D eigenvalue weighted by Crippen LogP contribution is -2.45. The van der Waals surface area contributed by atoms with E-state index in [1.54, 1.807) is 0 Å². The van der Waals surface area contributed by atoms with Crippen LogP contribution in [0.25, 0.3) is 0 Å². The lowest BCUT2D eigenvalue weighted by Gasteiger charge is -2.36. The number of pyridine rings is 1. The average molecular weight is 302 g/mol. The van der Waals surface area contributed by atoms with Crippen molar-refractivity contribution in [3.8, 4) is 0 Å². The van der Waals surface area contributed by atoms with Crippen molar-refractivity contribution in [3.63, 3.8) is 0 Å². The third kappa shape index (κ3) is 3.62. The average Bonchev–Trinajstić information content (AvgIpc) is 2.48. The first kappa shape index (κ1) is 14.5. The lowest BCUT2D eigenvalue weighted by molar-refractivity contribution is 0.153. The molecule has 0 radical (unpaired) electrons. The molecule has 21 heavy (non-hydrogen) atoms. The first-order valence-electron chi connectivity index (χ1n) is 7.33. The van der Waals surface area contributed by atoms with Gasteiger partial charge in [-0.05, 0) is 35.7 Å². The zero-order chi connectivity index (χ0) is 14.7. The van der Waals surface area contributed by atoms with E-state index in [9.17, 15) is 0 Å². The highest BCUT2D eigenvalue weighted by atomic mass is 35.5. The highest BCUT2D eigenvalue weighted by Gasteiger charge is 2.23. The van der Waals surface area contributed by atoms with Gasteiger partial charge >= 0.3 is 0 Å². The fourth-order valence-electron chi connectivity index (χ4n) is 2.92. The smallest absolute Gasteiger partial charge is 0.0477 e. The Hall–Kier alpha value is -1.42. The number of hydrogen-bond donors (Lipinski definition) is 1. The minimum Gasteiger partial charge on any atom is -0.314 e. The number of piperazine rings is 1. The molecule has 0 saturated carbocycles. The molecule has 1 aliphatic heterocycles. The molecule has 0 amide bonds. The van der Waals surface area contributed by atoms with E-state index in [0.29, 0.717) is 6.04 Å². The Morgan fingerprint density at radius 3 is 3.05 bits per heavy atom. The fourth-order valence-corrected chi connectivity index (χ4v) is 3.12. The minimum absolute atomic E-state index is 0.359. The van der Waals surface area contributed by atoms with Gasteiger partial charge in [-0.25, -0.2) is 0 Å². The standard InChI is InChI=1S/C17H20ClN3/c1-13-7-14(10-20-9-13)12-21-6-5-19-11-17(21)15-3-2-4-16(18)8-15/h2-4,7-10,17,19H,5-6,11-12H2,1H3. The molecule has 0 bridgehead atoms. The first-order chi connectivity index (χ1) is 10.2. The SMILES string of the molecule is Cc1cncc(CN2CCNCC2c2cccc(Cl)c2)c1. The Labute approximate surface area is 131 Å². The number of halogens is 1. The number of rotatable bonds is 3. The van der Waals surface area contributed by atoms with Crippen molar-refractivity contribution < 1.29 is 0 Å². The summed E-state index contributed by atoms with van der Waals surface area (Å²) in [5.41, 5.74) is 3.75. The summed E-state index contributed by atoms with van der Waals surface area (Å²) < 4.78 is 0. The molecule has 1 aliphatic rings. The van der Waals surface area contributed by atoms with Gasteiger partial charge in [0.05, 0.1) is 0 Å². The predicted octanol–water partition coefficient (Wildman–Crippen LogP) is 3.19. The van der Waals surface area contributed by atoms with Gasteiger partial charge in [0.1, 0.15) is 0 Å². The zero-order valence-corrected chi connectivity index (χ0v) is 13.0. The van der Waals surface area contributed by atoms with E-state index >= 15 is 0 Å². The summed E-state index contributed by atoms with van der Waals surface area (Å²) in [6, 6.07) is 10.8. The molecule has 1 saturated heterocycles. The molecule has 3 rings (SSSR count). The van der Waals surface area contributed by atoms with Crippen LogP contribution < -0.4 is 5.32 Å². The molecular weight excluding hydrogens is 282 g/mol. The molecule has 1 atom stereocenters. The van der Waals surface area contributed by atoms with Gasteiger partial charge in [0.15, 0.2) is 0 Å². The van der Waals surface area contributed by atoms with Crippen molar-refractivity contribution in [2.75, 3.05) is 19.6 Å². The molecule has 110 valence electrons. The number of nitrogens with one attached hydrogen (secondary N) is 1. The van der Waals surface area contributed by atoms with Crippen LogP contribution in [0.4, 0.5) is 0 Å². The molecular formula is C17H20ClN3. The topological polar surface area (TPSA) is 28.2 Å². The van der Waals surface area contributed by atoms with Crippen molar-refractivity contribution in [1.82, 2.24) is 15.2 Å². The van der Waals surface area contributed by atoms with Crippen LogP contribution in [-0.2, 0) is 6.54 Å². The summed E-state index contributed by atoms with van der Waals surface area (Å²) in [6.07, 6.45) is 3.86. The molecule has 2 aromatic rings. The molecule has 1 aromatic carbocycles. The second kappa shape index (κ2) is 6.56. The summed E-state index contributed by atoms with van der Waals surface area (Å²) >= 11 is 6.14. The van der Waals surface area contributed by atoms with E-state index in [1.807, 2.05) is 24.5 Å². The normalized spacial score (nSPS) is 19.6. The van der Waals surface area contributed by atoms with Crippen LogP contribution in [0.1, 0.15) is 22.7 Å². The van der Waals surface area contributed by atoms with E-state index in [0.717, 1.165) is 31.2 Å². The number of aromatic nitrogens is 1. The maximum absolute atomic E-state index is 6.14. The van der Waals surface area contributed by atoms with Crippen LogP contribution >= 0.6 is 11.6 Å². The number of aryl methyl sites for hydroxylation is 1. The van der Waals surface area contributed by atoms with Crippen molar-refractivity contribution >= 4 is 11.6 Å². The number of hydrogen-bond acceptors (Lipinski definition) is 3. The molecule has 0 spiro atoms. The molecule has 2 heterocycles. The monoisotopic (exact) mass is 301 g/mol. The van der Waals surface area contributed by atoms with Crippen molar-refractivity contribution in [3.05, 3.63) is 64.4 Å². The van der Waals surface area contributed by atoms with Crippen LogP contribution in [0.2, 0.25) is 5.02 Å². The van der Waals surface area contributed by atoms with Crippen LogP contribution in [0.5, 0.6) is 0 Å². The lowest BCUT2D eigenvalue weighted by atomic mass is 10.0. The molecule has 1 N–H and O–H groups in total. The third-order valence-corrected chi connectivity index (χ3v) is 4.14. The molecule has 1 unspecified atom stereocenters. The zero-order valence-electron chi connectivity index (χ0n) is 12.2.